The first kappa shape index (κ1) is 15.8. The Kier molecular flexibility index (Phi) is 4.24. The quantitative estimate of drug-likeness (QED) is 0.830. The van der Waals surface area contributed by atoms with Crippen molar-refractivity contribution in [3.63, 3.8) is 0 Å². The SMILES string of the molecule is Cc1cc(NS(=O)(=O)c2c(F)cc(F)cc2F)cnc1Br. The van der Waals surface area contributed by atoms with E-state index in [2.05, 4.69) is 20.9 Å². The molecule has 0 fully saturated rings. The number of nitrogens with one attached hydrogen (secondary N) is 1. The third-order valence-corrected chi connectivity index (χ3v) is 4.76. The van der Waals surface area contributed by atoms with E-state index in [1.54, 1.807) is 6.92 Å². The van der Waals surface area contributed by atoms with Gasteiger partial charge >= 0.3 is 0 Å². The molecule has 1 aromatic heterocycles. The minimum absolute atomic E-state index is 0.0267. The second-order valence-electron chi connectivity index (χ2n) is 4.14. The Morgan fingerprint density at radius 1 is 1.14 bits per heavy atom. The fraction of sp³-hybridized carbons (Fsp3) is 0.0833. The van der Waals surface area contributed by atoms with E-state index < -0.39 is 32.4 Å². The largest absolute Gasteiger partial charge is 0.278 e. The number of aromatic nitrogens is 1. The molecule has 0 aliphatic heterocycles. The maximum absolute atomic E-state index is 13.5. The van der Waals surface area contributed by atoms with Gasteiger partial charge in [-0.1, -0.05) is 0 Å². The van der Waals surface area contributed by atoms with E-state index in [-0.39, 0.29) is 5.69 Å². The number of nitrogens with zero attached hydrogens (tertiary/aromatic N) is 1. The van der Waals surface area contributed by atoms with Crippen molar-refractivity contribution in [2.45, 2.75) is 11.8 Å². The summed E-state index contributed by atoms with van der Waals surface area (Å²) in [6, 6.07) is 2.01. The van der Waals surface area contributed by atoms with Crippen LogP contribution < -0.4 is 4.72 Å². The molecule has 21 heavy (non-hydrogen) atoms. The highest BCUT2D eigenvalue weighted by molar-refractivity contribution is 9.10. The lowest BCUT2D eigenvalue weighted by Crippen LogP contribution is -2.17. The fourth-order valence-corrected chi connectivity index (χ4v) is 2.98. The lowest BCUT2D eigenvalue weighted by molar-refractivity contribution is 0.498. The molecule has 0 saturated carbocycles. The highest BCUT2D eigenvalue weighted by atomic mass is 79.9. The number of benzene rings is 1. The molecule has 0 unspecified atom stereocenters. The number of sulfonamides is 1. The molecule has 0 radical (unpaired) electrons. The van der Waals surface area contributed by atoms with Crippen LogP contribution in [0.1, 0.15) is 5.56 Å². The molecule has 9 heteroatoms. The Morgan fingerprint density at radius 3 is 2.24 bits per heavy atom. The van der Waals surface area contributed by atoms with Crippen LogP contribution in [0.5, 0.6) is 0 Å². The van der Waals surface area contributed by atoms with Gasteiger partial charge in [0.2, 0.25) is 0 Å². The zero-order valence-corrected chi connectivity index (χ0v) is 12.9. The van der Waals surface area contributed by atoms with Crippen molar-refractivity contribution in [1.82, 2.24) is 4.98 Å². The number of pyridine rings is 1. The minimum Gasteiger partial charge on any atom is -0.278 e. The zero-order valence-electron chi connectivity index (χ0n) is 10.5. The van der Waals surface area contributed by atoms with Crippen LogP contribution in [0.3, 0.4) is 0 Å². The molecule has 1 N–H and O–H groups in total. The van der Waals surface area contributed by atoms with Gasteiger partial charge in [0, 0.05) is 12.1 Å². The van der Waals surface area contributed by atoms with Gasteiger partial charge < -0.3 is 0 Å². The molecule has 0 aliphatic carbocycles. The summed E-state index contributed by atoms with van der Waals surface area (Å²) >= 11 is 3.14. The Morgan fingerprint density at radius 2 is 1.71 bits per heavy atom. The second-order valence-corrected chi connectivity index (χ2v) is 6.51. The molecule has 0 bridgehead atoms. The molecule has 0 spiro atoms. The van der Waals surface area contributed by atoms with Crippen molar-refractivity contribution in [2.24, 2.45) is 0 Å². The number of rotatable bonds is 3. The van der Waals surface area contributed by atoms with Crippen LogP contribution in [-0.2, 0) is 10.0 Å². The minimum atomic E-state index is -4.54. The summed E-state index contributed by atoms with van der Waals surface area (Å²) in [5, 5.41) is 0. The fourth-order valence-electron chi connectivity index (χ4n) is 1.61. The summed E-state index contributed by atoms with van der Waals surface area (Å²) in [6.07, 6.45) is 1.17. The zero-order chi connectivity index (χ0) is 15.8. The highest BCUT2D eigenvalue weighted by Crippen LogP contribution is 2.24. The molecule has 2 aromatic rings. The van der Waals surface area contributed by atoms with Crippen LogP contribution in [-0.4, -0.2) is 13.4 Å². The van der Waals surface area contributed by atoms with E-state index in [1.165, 1.54) is 12.3 Å². The van der Waals surface area contributed by atoms with Gasteiger partial charge in [-0.25, -0.2) is 26.6 Å². The standard InChI is InChI=1S/C12H8BrF3N2O2S/c1-6-2-8(5-17-12(6)13)18-21(19,20)11-9(15)3-7(14)4-10(11)16/h2-5,18H,1H3. The number of hydrogen-bond acceptors (Lipinski definition) is 3. The molecular formula is C12H8BrF3N2O2S. The van der Waals surface area contributed by atoms with Gasteiger partial charge in [-0.05, 0) is 34.5 Å². The average Bonchev–Trinajstić information content (AvgIpc) is 2.31. The van der Waals surface area contributed by atoms with E-state index >= 15 is 0 Å². The van der Waals surface area contributed by atoms with Crippen LogP contribution in [0.2, 0.25) is 0 Å². The molecule has 112 valence electrons. The maximum Gasteiger partial charge on any atom is 0.267 e. The topological polar surface area (TPSA) is 59.1 Å². The summed E-state index contributed by atoms with van der Waals surface area (Å²) in [6.45, 7) is 1.66. The Bertz CT molecular complexity index is 789. The van der Waals surface area contributed by atoms with Crippen molar-refractivity contribution < 1.29 is 21.6 Å². The van der Waals surface area contributed by atoms with Crippen LogP contribution in [0.15, 0.2) is 33.9 Å². The normalized spacial score (nSPS) is 11.5. The molecule has 1 heterocycles. The van der Waals surface area contributed by atoms with E-state index in [1.807, 2.05) is 4.72 Å². The Hall–Kier alpha value is -1.61. The van der Waals surface area contributed by atoms with Gasteiger partial charge in [-0.2, -0.15) is 0 Å². The van der Waals surface area contributed by atoms with Crippen LogP contribution >= 0.6 is 15.9 Å². The van der Waals surface area contributed by atoms with E-state index in [9.17, 15) is 21.6 Å². The van der Waals surface area contributed by atoms with Gasteiger partial charge in [0.15, 0.2) is 4.90 Å². The molecule has 0 amide bonds. The van der Waals surface area contributed by atoms with Gasteiger partial charge in [0.05, 0.1) is 11.9 Å². The van der Waals surface area contributed by atoms with Gasteiger partial charge in [-0.15, -0.1) is 0 Å². The third-order valence-electron chi connectivity index (χ3n) is 2.50. The van der Waals surface area contributed by atoms with Crippen molar-refractivity contribution in [3.05, 3.63) is 52.0 Å². The Labute approximate surface area is 127 Å². The first-order chi connectivity index (χ1) is 9.70. The molecule has 0 atom stereocenters. The molecule has 4 nitrogen and oxygen atoms in total. The molecule has 1 aromatic carbocycles. The monoisotopic (exact) mass is 380 g/mol. The summed E-state index contributed by atoms with van der Waals surface area (Å²) in [5.41, 5.74) is 0.647. The van der Waals surface area contributed by atoms with E-state index in [0.29, 0.717) is 22.3 Å². The highest BCUT2D eigenvalue weighted by Gasteiger charge is 2.25. The lowest BCUT2D eigenvalue weighted by Gasteiger charge is -2.10. The molecule has 0 aliphatic rings. The Balaban J connectivity index is 2.46. The van der Waals surface area contributed by atoms with Crippen molar-refractivity contribution in [1.29, 1.82) is 0 Å². The van der Waals surface area contributed by atoms with Crippen molar-refractivity contribution >= 4 is 31.6 Å². The molecule has 0 saturated heterocycles. The van der Waals surface area contributed by atoms with Crippen molar-refractivity contribution in [2.75, 3.05) is 4.72 Å². The number of hydrogen-bond donors (Lipinski definition) is 1. The summed E-state index contributed by atoms with van der Waals surface area (Å²) in [7, 11) is -4.54. The first-order valence-electron chi connectivity index (χ1n) is 5.50. The summed E-state index contributed by atoms with van der Waals surface area (Å²) in [4.78, 5) is 2.61. The smallest absolute Gasteiger partial charge is 0.267 e. The molecular weight excluding hydrogens is 373 g/mol. The van der Waals surface area contributed by atoms with Gasteiger partial charge in [-0.3, -0.25) is 4.72 Å². The summed E-state index contributed by atoms with van der Waals surface area (Å²) < 4.78 is 66.4. The third kappa shape index (κ3) is 3.35. The lowest BCUT2D eigenvalue weighted by atomic mass is 10.3. The van der Waals surface area contributed by atoms with Crippen LogP contribution in [0, 0.1) is 24.4 Å². The average molecular weight is 381 g/mol. The number of anilines is 1. The number of halogens is 4. The van der Waals surface area contributed by atoms with Gasteiger partial charge in [0.25, 0.3) is 10.0 Å². The second kappa shape index (κ2) is 5.64. The van der Waals surface area contributed by atoms with Gasteiger partial charge in [0.1, 0.15) is 22.1 Å². The van der Waals surface area contributed by atoms with Crippen LogP contribution in [0.25, 0.3) is 0 Å². The van der Waals surface area contributed by atoms with E-state index in [0.717, 1.165) is 0 Å². The van der Waals surface area contributed by atoms with Crippen LogP contribution in [0.4, 0.5) is 18.9 Å². The molecule has 2 rings (SSSR count). The summed E-state index contributed by atoms with van der Waals surface area (Å²) in [5.74, 6) is -4.23. The number of aryl methyl sites for hydroxylation is 1. The van der Waals surface area contributed by atoms with Crippen molar-refractivity contribution in [3.8, 4) is 0 Å². The van der Waals surface area contributed by atoms with E-state index in [4.69, 9.17) is 0 Å². The first-order valence-corrected chi connectivity index (χ1v) is 7.78. The predicted octanol–water partition coefficient (Wildman–Crippen LogP) is 3.37. The maximum atomic E-state index is 13.5. The predicted molar refractivity (Wildman–Crippen MR) is 73.8 cm³/mol.